The van der Waals surface area contributed by atoms with Gasteiger partial charge in [-0.15, -0.1) is 0 Å². The van der Waals surface area contributed by atoms with Crippen molar-refractivity contribution in [2.45, 2.75) is 38.5 Å². The van der Waals surface area contributed by atoms with E-state index in [0.717, 1.165) is 43.8 Å². The molecule has 0 saturated carbocycles. The van der Waals surface area contributed by atoms with Crippen molar-refractivity contribution in [1.29, 1.82) is 0 Å². The van der Waals surface area contributed by atoms with Gasteiger partial charge in [0, 0.05) is 16.2 Å². The smallest absolute Gasteiger partial charge is 0.208 e. The van der Waals surface area contributed by atoms with Gasteiger partial charge in [-0.2, -0.15) is 0 Å². The number of halogens is 1. The Labute approximate surface area is 296 Å². The molecule has 0 radical (unpaired) electrons. The SMILES string of the molecule is CC1(C)c2ccccc2-c2cc3c(cc21)-c1c(cc(N(c2c(O)c(O)c(O)c(O)c2O)c2c(O)c(O)c(O)c(O)c2Cl)c2ccccc12)C3(C)C. The maximum absolute atomic E-state index is 11.3. The molecular formula is C40H32ClNO9. The molecule has 258 valence electrons. The molecule has 51 heavy (non-hydrogen) atoms. The lowest BCUT2D eigenvalue weighted by Gasteiger charge is -2.32. The van der Waals surface area contributed by atoms with Crippen LogP contribution >= 0.6 is 11.6 Å². The minimum Gasteiger partial charge on any atom is -0.503 e. The summed E-state index contributed by atoms with van der Waals surface area (Å²) in [5.41, 5.74) is 6.09. The van der Waals surface area contributed by atoms with Crippen molar-refractivity contribution in [2.75, 3.05) is 4.90 Å². The van der Waals surface area contributed by atoms with Gasteiger partial charge in [-0.1, -0.05) is 87.8 Å². The number of benzene rings is 6. The van der Waals surface area contributed by atoms with Crippen LogP contribution in [0.25, 0.3) is 33.0 Å². The summed E-state index contributed by atoms with van der Waals surface area (Å²) in [7, 11) is 0. The minimum absolute atomic E-state index is 0.0974. The molecule has 0 heterocycles. The third kappa shape index (κ3) is 3.93. The average Bonchev–Trinajstić information content (AvgIpc) is 3.48. The first-order valence-electron chi connectivity index (χ1n) is 16.0. The van der Waals surface area contributed by atoms with Crippen molar-refractivity contribution in [1.82, 2.24) is 0 Å². The molecule has 0 fully saturated rings. The summed E-state index contributed by atoms with van der Waals surface area (Å²) in [6, 6.07) is 21.7. The molecule has 2 aliphatic carbocycles. The first kappa shape index (κ1) is 32.1. The van der Waals surface area contributed by atoms with Crippen molar-refractivity contribution < 1.29 is 46.0 Å². The molecule has 0 aromatic heterocycles. The highest BCUT2D eigenvalue weighted by Crippen LogP contribution is 2.65. The van der Waals surface area contributed by atoms with Crippen LogP contribution in [0.4, 0.5) is 17.1 Å². The monoisotopic (exact) mass is 705 g/mol. The van der Waals surface area contributed by atoms with Crippen LogP contribution in [-0.4, -0.2) is 46.0 Å². The fourth-order valence-electron chi connectivity index (χ4n) is 8.04. The predicted octanol–water partition coefficient (Wildman–Crippen LogP) is 8.93. The van der Waals surface area contributed by atoms with Gasteiger partial charge in [-0.05, 0) is 68.1 Å². The van der Waals surface area contributed by atoms with E-state index in [2.05, 4.69) is 52.0 Å². The molecule has 0 bridgehead atoms. The summed E-state index contributed by atoms with van der Waals surface area (Å²) in [5, 5.41) is 97.6. The standard InChI is InChI=1S/C40H32ClNO9/c1-39(2)21-12-8-7-9-16(21)19-13-23-20(14-22(19)39)26-18-11-6-5-10-17(18)25(15-24(26)40(23,3)4)42(28-27(41)30(43)34(47)35(48)31(28)44)29-32(45)36(49)38(51)37(50)33(29)46/h5-15,43-51H,1-4H3. The molecule has 9 N–H and O–H groups in total. The van der Waals surface area contributed by atoms with Gasteiger partial charge >= 0.3 is 0 Å². The zero-order valence-electron chi connectivity index (χ0n) is 27.7. The highest BCUT2D eigenvalue weighted by atomic mass is 35.5. The minimum atomic E-state index is -1.23. The number of hydrogen-bond donors (Lipinski definition) is 9. The summed E-state index contributed by atoms with van der Waals surface area (Å²) >= 11 is 6.55. The fraction of sp³-hybridized carbons (Fsp3) is 0.150. The van der Waals surface area contributed by atoms with E-state index in [4.69, 9.17) is 11.6 Å². The summed E-state index contributed by atoms with van der Waals surface area (Å²) < 4.78 is 0. The summed E-state index contributed by atoms with van der Waals surface area (Å²) in [6.45, 7) is 8.50. The van der Waals surface area contributed by atoms with Gasteiger partial charge in [0.25, 0.3) is 0 Å². The van der Waals surface area contributed by atoms with Crippen LogP contribution in [0.1, 0.15) is 49.9 Å². The second-order valence-corrected chi connectivity index (χ2v) is 14.5. The van der Waals surface area contributed by atoms with E-state index in [-0.39, 0.29) is 11.1 Å². The van der Waals surface area contributed by atoms with Crippen LogP contribution in [0.2, 0.25) is 5.02 Å². The molecule has 6 aromatic carbocycles. The van der Waals surface area contributed by atoms with Crippen molar-refractivity contribution in [3.05, 3.63) is 94.0 Å². The van der Waals surface area contributed by atoms with Crippen LogP contribution in [0, 0.1) is 0 Å². The Morgan fingerprint density at radius 3 is 1.57 bits per heavy atom. The van der Waals surface area contributed by atoms with Gasteiger partial charge in [-0.3, -0.25) is 4.90 Å². The number of aromatic hydroxyl groups is 9. The molecule has 0 unspecified atom stereocenters. The largest absolute Gasteiger partial charge is 0.503 e. The van der Waals surface area contributed by atoms with Gasteiger partial charge < -0.3 is 46.0 Å². The van der Waals surface area contributed by atoms with Crippen molar-refractivity contribution >= 4 is 39.4 Å². The molecule has 8 rings (SSSR count). The molecule has 0 spiro atoms. The predicted molar refractivity (Wildman–Crippen MR) is 194 cm³/mol. The number of rotatable bonds is 3. The highest BCUT2D eigenvalue weighted by Gasteiger charge is 2.44. The van der Waals surface area contributed by atoms with Gasteiger partial charge in [0.1, 0.15) is 16.4 Å². The molecular weight excluding hydrogens is 674 g/mol. The maximum Gasteiger partial charge on any atom is 0.208 e. The van der Waals surface area contributed by atoms with Crippen molar-refractivity contribution in [3.8, 4) is 74.0 Å². The van der Waals surface area contributed by atoms with Crippen molar-refractivity contribution in [3.63, 3.8) is 0 Å². The van der Waals surface area contributed by atoms with E-state index >= 15 is 0 Å². The van der Waals surface area contributed by atoms with Gasteiger partial charge in [0.05, 0.1) is 5.69 Å². The Balaban J connectivity index is 1.51. The Bertz CT molecular complexity index is 2430. The maximum atomic E-state index is 11.3. The normalized spacial score (nSPS) is 14.6. The van der Waals surface area contributed by atoms with Crippen LogP contribution in [0.3, 0.4) is 0 Å². The van der Waals surface area contributed by atoms with E-state index in [9.17, 15) is 46.0 Å². The lowest BCUT2D eigenvalue weighted by atomic mass is 9.79. The van der Waals surface area contributed by atoms with Crippen LogP contribution < -0.4 is 4.90 Å². The number of fused-ring (bicyclic) bond motifs is 8. The number of nitrogens with zero attached hydrogens (tertiary/aromatic N) is 1. The van der Waals surface area contributed by atoms with Crippen LogP contribution in [0.5, 0.6) is 51.7 Å². The highest BCUT2D eigenvalue weighted by molar-refractivity contribution is 6.36. The Morgan fingerprint density at radius 2 is 0.922 bits per heavy atom. The van der Waals surface area contributed by atoms with Gasteiger partial charge in [0.2, 0.25) is 28.7 Å². The van der Waals surface area contributed by atoms with Gasteiger partial charge in [0.15, 0.2) is 23.0 Å². The Hall–Kier alpha value is -6.13. The topological polar surface area (TPSA) is 185 Å². The number of phenolic OH excluding ortho intramolecular Hbond substituents is 9. The summed E-state index contributed by atoms with van der Waals surface area (Å²) in [4.78, 5) is 0.932. The van der Waals surface area contributed by atoms with Crippen LogP contribution in [0.15, 0.2) is 66.7 Å². The fourth-order valence-corrected chi connectivity index (χ4v) is 8.30. The lowest BCUT2D eigenvalue weighted by Crippen LogP contribution is -2.18. The zero-order valence-corrected chi connectivity index (χ0v) is 28.5. The third-order valence-electron chi connectivity index (χ3n) is 10.7. The first-order valence-corrected chi connectivity index (χ1v) is 16.4. The Kier molecular flexibility index (Phi) is 6.42. The molecule has 10 nitrogen and oxygen atoms in total. The number of anilines is 3. The Morgan fingerprint density at radius 1 is 0.451 bits per heavy atom. The average molecular weight is 706 g/mol. The molecule has 2 aliphatic rings. The van der Waals surface area contributed by atoms with E-state index in [1.54, 1.807) is 18.2 Å². The quantitative estimate of drug-likeness (QED) is 0.0636. The van der Waals surface area contributed by atoms with Crippen LogP contribution in [-0.2, 0) is 10.8 Å². The molecule has 11 heteroatoms. The van der Waals surface area contributed by atoms with E-state index in [0.29, 0.717) is 10.8 Å². The molecule has 0 atom stereocenters. The van der Waals surface area contributed by atoms with E-state index in [1.165, 1.54) is 5.56 Å². The van der Waals surface area contributed by atoms with E-state index < -0.39 is 73.6 Å². The van der Waals surface area contributed by atoms with E-state index in [1.807, 2.05) is 24.3 Å². The third-order valence-corrected chi connectivity index (χ3v) is 11.1. The summed E-state index contributed by atoms with van der Waals surface area (Å²) in [6.07, 6.45) is 0. The number of phenols is 9. The molecule has 0 saturated heterocycles. The van der Waals surface area contributed by atoms with Gasteiger partial charge in [-0.25, -0.2) is 0 Å². The number of hydrogen-bond acceptors (Lipinski definition) is 10. The van der Waals surface area contributed by atoms with Crippen molar-refractivity contribution in [2.24, 2.45) is 0 Å². The zero-order chi connectivity index (χ0) is 36.6. The molecule has 6 aromatic rings. The summed E-state index contributed by atoms with van der Waals surface area (Å²) in [5.74, 6) is -10.4. The lowest BCUT2D eigenvalue weighted by molar-refractivity contribution is 0.329. The molecule has 0 aliphatic heterocycles. The first-order chi connectivity index (χ1) is 24.0. The second-order valence-electron chi connectivity index (χ2n) is 14.1. The molecule has 0 amide bonds. The second kappa shape index (κ2) is 10.2.